The van der Waals surface area contributed by atoms with Crippen molar-refractivity contribution < 1.29 is 0 Å². The van der Waals surface area contributed by atoms with E-state index in [0.29, 0.717) is 10.3 Å². The smallest absolute Gasteiger partial charge is 0.178 e. The van der Waals surface area contributed by atoms with Gasteiger partial charge >= 0.3 is 0 Å². The van der Waals surface area contributed by atoms with E-state index >= 15 is 0 Å². The van der Waals surface area contributed by atoms with Crippen LogP contribution in [0.5, 0.6) is 0 Å². The Balaban J connectivity index is 2.82. The number of nitrogens with zero attached hydrogens (tertiary/aromatic N) is 2. The first-order valence-electron chi connectivity index (χ1n) is 4.94. The van der Waals surface area contributed by atoms with E-state index in [2.05, 4.69) is 17.6 Å². The normalized spacial score (nSPS) is 12.2. The zero-order valence-electron chi connectivity index (χ0n) is 8.90. The third-order valence-electron chi connectivity index (χ3n) is 2.60. The fourth-order valence-electron chi connectivity index (χ4n) is 1.70. The van der Waals surface area contributed by atoms with E-state index in [0.717, 1.165) is 11.0 Å². The molecule has 1 N–H and O–H groups in total. The van der Waals surface area contributed by atoms with Gasteiger partial charge in [0.25, 0.3) is 0 Å². The first kappa shape index (κ1) is 10.7. The highest BCUT2D eigenvalue weighted by molar-refractivity contribution is 7.71. The fourth-order valence-corrected chi connectivity index (χ4v) is 2.08. The van der Waals surface area contributed by atoms with E-state index in [-0.39, 0.29) is 6.04 Å². The summed E-state index contributed by atoms with van der Waals surface area (Å²) in [4.78, 5) is 3.11. The van der Waals surface area contributed by atoms with Gasteiger partial charge < -0.3 is 9.55 Å². The summed E-state index contributed by atoms with van der Waals surface area (Å²) in [5.41, 5.74) is 2.51. The molecule has 0 aliphatic carbocycles. The van der Waals surface area contributed by atoms with Crippen LogP contribution in [0.15, 0.2) is 30.9 Å². The van der Waals surface area contributed by atoms with Crippen molar-refractivity contribution in [2.24, 2.45) is 0 Å². The number of H-pyrrole nitrogens is 1. The molecule has 1 atom stereocenters. The van der Waals surface area contributed by atoms with Crippen molar-refractivity contribution in [3.8, 4) is 6.07 Å². The summed E-state index contributed by atoms with van der Waals surface area (Å²) in [6.45, 7) is 5.77. The van der Waals surface area contributed by atoms with E-state index < -0.39 is 0 Å². The van der Waals surface area contributed by atoms with Gasteiger partial charge in [0.2, 0.25) is 0 Å². The lowest BCUT2D eigenvalue weighted by molar-refractivity contribution is 0.673. The van der Waals surface area contributed by atoms with Gasteiger partial charge in [-0.15, -0.1) is 6.58 Å². The molecular weight excluding hydrogens is 218 g/mol. The fraction of sp³-hybridized carbons (Fsp3) is 0.167. The molecule has 1 heterocycles. The lowest BCUT2D eigenvalue weighted by Gasteiger charge is -2.09. The highest BCUT2D eigenvalue weighted by Gasteiger charge is 2.08. The van der Waals surface area contributed by atoms with Crippen molar-refractivity contribution in [1.29, 1.82) is 5.26 Å². The van der Waals surface area contributed by atoms with Crippen LogP contribution in [0, 0.1) is 16.1 Å². The van der Waals surface area contributed by atoms with E-state index in [1.165, 1.54) is 0 Å². The lowest BCUT2D eigenvalue weighted by atomic mass is 10.2. The summed E-state index contributed by atoms with van der Waals surface area (Å²) < 4.78 is 2.61. The van der Waals surface area contributed by atoms with Crippen LogP contribution >= 0.6 is 12.2 Å². The van der Waals surface area contributed by atoms with Gasteiger partial charge in [0, 0.05) is 0 Å². The predicted molar refractivity (Wildman–Crippen MR) is 66.7 cm³/mol. The van der Waals surface area contributed by atoms with Crippen LogP contribution < -0.4 is 0 Å². The van der Waals surface area contributed by atoms with Crippen molar-refractivity contribution in [2.45, 2.75) is 13.0 Å². The van der Waals surface area contributed by atoms with Gasteiger partial charge in [0.1, 0.15) is 0 Å². The van der Waals surface area contributed by atoms with E-state index in [9.17, 15) is 0 Å². The number of benzene rings is 1. The number of rotatable bonds is 2. The molecule has 2 aromatic rings. The number of aromatic nitrogens is 2. The van der Waals surface area contributed by atoms with Gasteiger partial charge in [0.05, 0.1) is 28.7 Å². The molecule has 0 radical (unpaired) electrons. The van der Waals surface area contributed by atoms with Crippen molar-refractivity contribution >= 4 is 23.3 Å². The quantitative estimate of drug-likeness (QED) is 0.634. The Morgan fingerprint density at radius 1 is 1.62 bits per heavy atom. The van der Waals surface area contributed by atoms with Gasteiger partial charge in [0.15, 0.2) is 4.77 Å². The summed E-state index contributed by atoms with van der Waals surface area (Å²) in [5, 5.41) is 8.87. The maximum absolute atomic E-state index is 8.87. The number of allylic oxidation sites excluding steroid dienone is 1. The van der Waals surface area contributed by atoms with Crippen LogP contribution in [0.2, 0.25) is 0 Å². The van der Waals surface area contributed by atoms with E-state index in [1.54, 1.807) is 6.07 Å². The van der Waals surface area contributed by atoms with Crippen molar-refractivity contribution in [2.75, 3.05) is 0 Å². The Morgan fingerprint density at radius 2 is 2.38 bits per heavy atom. The van der Waals surface area contributed by atoms with Gasteiger partial charge in [-0.1, -0.05) is 6.08 Å². The van der Waals surface area contributed by atoms with E-state index in [4.69, 9.17) is 17.5 Å². The third-order valence-corrected chi connectivity index (χ3v) is 2.89. The van der Waals surface area contributed by atoms with Crippen molar-refractivity contribution in [3.63, 3.8) is 0 Å². The number of hydrogen-bond donors (Lipinski definition) is 1. The molecule has 0 aliphatic heterocycles. The summed E-state index contributed by atoms with van der Waals surface area (Å²) in [6.07, 6.45) is 1.82. The molecule has 4 heteroatoms. The molecule has 80 valence electrons. The molecule has 0 spiro atoms. The minimum atomic E-state index is 0.107. The second kappa shape index (κ2) is 3.95. The zero-order chi connectivity index (χ0) is 11.7. The van der Waals surface area contributed by atoms with Crippen LogP contribution in [0.4, 0.5) is 0 Å². The first-order valence-corrected chi connectivity index (χ1v) is 5.35. The van der Waals surface area contributed by atoms with Crippen molar-refractivity contribution in [3.05, 3.63) is 41.2 Å². The Kier molecular flexibility index (Phi) is 2.63. The highest BCUT2D eigenvalue weighted by Crippen LogP contribution is 2.20. The van der Waals surface area contributed by atoms with Gasteiger partial charge in [-0.2, -0.15) is 5.26 Å². The average molecular weight is 229 g/mol. The van der Waals surface area contributed by atoms with Gasteiger partial charge in [-0.25, -0.2) is 0 Å². The molecule has 1 unspecified atom stereocenters. The lowest BCUT2D eigenvalue weighted by Crippen LogP contribution is -2.01. The number of hydrogen-bond acceptors (Lipinski definition) is 2. The number of nitrogens with one attached hydrogen (secondary N) is 1. The number of aromatic amines is 1. The molecule has 0 bridgehead atoms. The topological polar surface area (TPSA) is 44.5 Å². The minimum absolute atomic E-state index is 0.107. The largest absolute Gasteiger partial charge is 0.331 e. The Hall–Kier alpha value is -1.86. The van der Waals surface area contributed by atoms with Crippen LogP contribution in [0.25, 0.3) is 11.0 Å². The molecular formula is C12H11N3S. The Morgan fingerprint density at radius 3 is 3.00 bits per heavy atom. The standard InChI is InChI=1S/C12H11N3S/c1-3-8(2)15-11-6-9(7-13)4-5-10(11)14-12(15)16/h3-6,8H,1H2,2H3,(H,14,16). The molecule has 0 fully saturated rings. The maximum atomic E-state index is 8.87. The monoisotopic (exact) mass is 229 g/mol. The van der Waals surface area contributed by atoms with Crippen LogP contribution in [-0.2, 0) is 0 Å². The average Bonchev–Trinajstić information content (AvgIpc) is 2.63. The number of imidazole rings is 1. The molecule has 0 amide bonds. The van der Waals surface area contributed by atoms with Crippen LogP contribution in [0.1, 0.15) is 18.5 Å². The van der Waals surface area contributed by atoms with E-state index in [1.807, 2.05) is 29.7 Å². The molecule has 3 nitrogen and oxygen atoms in total. The summed E-state index contributed by atoms with van der Waals surface area (Å²) in [6, 6.07) is 7.71. The SMILES string of the molecule is C=CC(C)n1c(=S)[nH]c2ccc(C#N)cc21. The molecule has 0 aliphatic rings. The Labute approximate surface area is 98.6 Å². The molecule has 0 saturated heterocycles. The number of nitriles is 1. The molecule has 1 aromatic heterocycles. The van der Waals surface area contributed by atoms with Crippen LogP contribution in [-0.4, -0.2) is 9.55 Å². The van der Waals surface area contributed by atoms with Crippen molar-refractivity contribution in [1.82, 2.24) is 9.55 Å². The second-order valence-electron chi connectivity index (χ2n) is 3.62. The maximum Gasteiger partial charge on any atom is 0.178 e. The zero-order valence-corrected chi connectivity index (χ0v) is 9.71. The molecule has 0 saturated carbocycles. The summed E-state index contributed by atoms with van der Waals surface area (Å²) in [5.74, 6) is 0. The summed E-state index contributed by atoms with van der Waals surface area (Å²) >= 11 is 5.25. The van der Waals surface area contributed by atoms with Gasteiger partial charge in [-0.3, -0.25) is 0 Å². The first-order chi connectivity index (χ1) is 7.67. The van der Waals surface area contributed by atoms with Crippen LogP contribution in [0.3, 0.4) is 0 Å². The van der Waals surface area contributed by atoms with Gasteiger partial charge in [-0.05, 0) is 37.3 Å². The second-order valence-corrected chi connectivity index (χ2v) is 4.01. The molecule has 2 rings (SSSR count). The minimum Gasteiger partial charge on any atom is -0.331 e. The molecule has 16 heavy (non-hydrogen) atoms. The predicted octanol–water partition coefficient (Wildman–Crippen LogP) is 3.32. The highest BCUT2D eigenvalue weighted by atomic mass is 32.1. The third kappa shape index (κ3) is 1.55. The Bertz CT molecular complexity index is 642. The number of fused-ring (bicyclic) bond motifs is 1. The summed E-state index contributed by atoms with van der Waals surface area (Å²) in [7, 11) is 0. The molecule has 1 aromatic carbocycles.